The van der Waals surface area contributed by atoms with E-state index in [2.05, 4.69) is 5.32 Å². The number of rotatable bonds is 8. The van der Waals surface area contributed by atoms with E-state index in [1.165, 1.54) is 24.9 Å². The van der Waals surface area contributed by atoms with Gasteiger partial charge < -0.3 is 10.1 Å². The van der Waals surface area contributed by atoms with E-state index in [0.29, 0.717) is 17.7 Å². The normalized spacial score (nSPS) is 11.9. The molecular weight excluding hydrogens is 341 g/mol. The highest BCUT2D eigenvalue weighted by molar-refractivity contribution is 8.00. The lowest BCUT2D eigenvalue weighted by molar-refractivity contribution is -0.140. The summed E-state index contributed by atoms with van der Waals surface area (Å²) in [6.45, 7) is 3.82. The molecule has 0 aliphatic heterocycles. The Morgan fingerprint density at radius 3 is 2.65 bits per heavy atom. The number of carbonyl (C=O) groups excluding carboxylic acids is 2. The Labute approximate surface area is 145 Å². The van der Waals surface area contributed by atoms with E-state index < -0.39 is 11.1 Å². The number of anilines is 1. The Bertz CT molecular complexity index is 569. The number of thioether (sulfide) groups is 1. The highest BCUT2D eigenvalue weighted by Gasteiger charge is 2.21. The molecule has 0 aliphatic carbocycles. The van der Waals surface area contributed by atoms with E-state index in [1.54, 1.807) is 0 Å². The molecule has 0 aliphatic rings. The van der Waals surface area contributed by atoms with Crippen molar-refractivity contribution in [3.8, 4) is 0 Å². The lowest BCUT2D eigenvalue weighted by atomic mass is 10.2. The zero-order chi connectivity index (χ0) is 17.4. The highest BCUT2D eigenvalue weighted by atomic mass is 35.5. The Morgan fingerprint density at radius 1 is 1.39 bits per heavy atom. The first kappa shape index (κ1) is 19.8. The Kier molecular flexibility index (Phi) is 8.41. The van der Waals surface area contributed by atoms with Crippen molar-refractivity contribution in [2.45, 2.75) is 49.7 Å². The first-order chi connectivity index (χ1) is 10.9. The molecule has 4 nitrogen and oxygen atoms in total. The molecule has 0 bridgehead atoms. The van der Waals surface area contributed by atoms with Crippen molar-refractivity contribution in [2.75, 3.05) is 12.4 Å². The van der Waals surface area contributed by atoms with Crippen LogP contribution in [0.2, 0.25) is 5.02 Å². The summed E-state index contributed by atoms with van der Waals surface area (Å²) in [5.41, 5.74) is 0.0673. The van der Waals surface area contributed by atoms with Gasteiger partial charge in [0.2, 0.25) is 5.91 Å². The third-order valence-electron chi connectivity index (χ3n) is 3.16. The van der Waals surface area contributed by atoms with Crippen LogP contribution in [-0.4, -0.2) is 24.2 Å². The number of unbranched alkanes of at least 4 members (excludes halogenated alkanes) is 1. The second-order valence-corrected chi connectivity index (χ2v) is 6.60. The van der Waals surface area contributed by atoms with E-state index in [0.717, 1.165) is 18.9 Å². The van der Waals surface area contributed by atoms with Gasteiger partial charge in [-0.15, -0.1) is 11.8 Å². The van der Waals surface area contributed by atoms with Crippen molar-refractivity contribution in [1.29, 1.82) is 0 Å². The number of halogens is 2. The summed E-state index contributed by atoms with van der Waals surface area (Å²) in [5, 5.41) is 2.30. The summed E-state index contributed by atoms with van der Waals surface area (Å²) in [6.07, 6.45) is 2.50. The quantitative estimate of drug-likeness (QED) is 0.540. The molecule has 1 aromatic rings. The van der Waals surface area contributed by atoms with Crippen LogP contribution in [0.4, 0.5) is 10.1 Å². The first-order valence-corrected chi connectivity index (χ1v) is 8.72. The number of methoxy groups -OCH3 is 1. The van der Waals surface area contributed by atoms with Gasteiger partial charge >= 0.3 is 5.97 Å². The maximum Gasteiger partial charge on any atom is 0.319 e. The van der Waals surface area contributed by atoms with Gasteiger partial charge in [0.05, 0.1) is 17.8 Å². The van der Waals surface area contributed by atoms with Gasteiger partial charge in [-0.3, -0.25) is 9.59 Å². The zero-order valence-corrected chi connectivity index (χ0v) is 15.0. The minimum absolute atomic E-state index is 0.0673. The summed E-state index contributed by atoms with van der Waals surface area (Å²) in [4.78, 5) is 24.0. The van der Waals surface area contributed by atoms with Gasteiger partial charge in [-0.2, -0.15) is 0 Å². The highest BCUT2D eigenvalue weighted by Crippen LogP contribution is 2.35. The van der Waals surface area contributed by atoms with E-state index in [9.17, 15) is 14.0 Å². The number of carbonyl (C=O) groups is 2. The average Bonchev–Trinajstić information content (AvgIpc) is 2.53. The number of nitrogens with one attached hydrogen (secondary N) is 1. The second kappa shape index (κ2) is 9.78. The predicted molar refractivity (Wildman–Crippen MR) is 91.5 cm³/mol. The number of amides is 1. The molecular formula is C16H21ClFNO3S. The van der Waals surface area contributed by atoms with Gasteiger partial charge in [-0.05, 0) is 25.0 Å². The number of esters is 1. The molecule has 0 radical (unpaired) electrons. The molecule has 0 saturated heterocycles. The summed E-state index contributed by atoms with van der Waals surface area (Å²) in [5.74, 6) is -1.22. The van der Waals surface area contributed by atoms with Crippen molar-refractivity contribution < 1.29 is 18.7 Å². The summed E-state index contributed by atoms with van der Waals surface area (Å²) >= 11 is 7.24. The Hall–Kier alpha value is -1.27. The third kappa shape index (κ3) is 6.03. The Balaban J connectivity index is 2.94. The van der Waals surface area contributed by atoms with Gasteiger partial charge in [-0.25, -0.2) is 4.39 Å². The van der Waals surface area contributed by atoms with Gasteiger partial charge in [-0.1, -0.05) is 31.9 Å². The van der Waals surface area contributed by atoms with E-state index in [-0.39, 0.29) is 22.6 Å². The van der Waals surface area contributed by atoms with Crippen LogP contribution in [0.3, 0.4) is 0 Å². The van der Waals surface area contributed by atoms with Crippen LogP contribution < -0.4 is 5.32 Å². The van der Waals surface area contributed by atoms with Crippen molar-refractivity contribution in [3.05, 3.63) is 23.0 Å². The van der Waals surface area contributed by atoms with Crippen LogP contribution in [0.25, 0.3) is 0 Å². The average molecular weight is 362 g/mol. The molecule has 1 amide bonds. The lowest BCUT2D eigenvalue weighted by Crippen LogP contribution is -2.18. The van der Waals surface area contributed by atoms with Crippen LogP contribution in [0.15, 0.2) is 17.0 Å². The van der Waals surface area contributed by atoms with Gasteiger partial charge in [0.25, 0.3) is 0 Å². The van der Waals surface area contributed by atoms with Crippen LogP contribution in [0.5, 0.6) is 0 Å². The second-order valence-electron chi connectivity index (χ2n) is 4.95. The molecule has 0 aromatic heterocycles. The van der Waals surface area contributed by atoms with E-state index in [4.69, 9.17) is 16.3 Å². The maximum atomic E-state index is 14.0. The van der Waals surface area contributed by atoms with Crippen LogP contribution in [0.1, 0.15) is 39.5 Å². The minimum Gasteiger partial charge on any atom is -0.468 e. The number of benzene rings is 1. The molecule has 0 fully saturated rings. The van der Waals surface area contributed by atoms with Gasteiger partial charge in [0.15, 0.2) is 0 Å². The number of hydrogen-bond donors (Lipinski definition) is 1. The monoisotopic (exact) mass is 361 g/mol. The molecule has 23 heavy (non-hydrogen) atoms. The fourth-order valence-electron chi connectivity index (χ4n) is 1.85. The molecule has 0 spiro atoms. The van der Waals surface area contributed by atoms with Crippen LogP contribution in [0, 0.1) is 5.82 Å². The molecule has 1 aromatic carbocycles. The van der Waals surface area contributed by atoms with Crippen molar-refractivity contribution in [2.24, 2.45) is 0 Å². The van der Waals surface area contributed by atoms with Crippen molar-refractivity contribution in [1.82, 2.24) is 0 Å². The molecule has 0 saturated carbocycles. The minimum atomic E-state index is -0.602. The largest absolute Gasteiger partial charge is 0.468 e. The maximum absolute atomic E-state index is 14.0. The standard InChI is InChI=1S/C16H21ClFNO3S/c1-4-6-7-15(20)19-12-9-14(10(17)8-11(12)18)23-13(5-2)16(21)22-3/h8-9,13H,4-7H2,1-3H3,(H,19,20). The lowest BCUT2D eigenvalue weighted by Gasteiger charge is -2.15. The van der Waals surface area contributed by atoms with E-state index >= 15 is 0 Å². The molecule has 1 unspecified atom stereocenters. The van der Waals surface area contributed by atoms with Gasteiger partial charge in [0, 0.05) is 11.3 Å². The van der Waals surface area contributed by atoms with Crippen molar-refractivity contribution in [3.63, 3.8) is 0 Å². The Morgan fingerprint density at radius 2 is 2.09 bits per heavy atom. The van der Waals surface area contributed by atoms with Crippen molar-refractivity contribution >= 4 is 40.9 Å². The van der Waals surface area contributed by atoms with Crippen LogP contribution in [-0.2, 0) is 14.3 Å². The summed E-state index contributed by atoms with van der Waals surface area (Å²) < 4.78 is 18.7. The molecule has 128 valence electrons. The fraction of sp³-hybridized carbons (Fsp3) is 0.500. The topological polar surface area (TPSA) is 55.4 Å². The van der Waals surface area contributed by atoms with Gasteiger partial charge in [0.1, 0.15) is 11.1 Å². The number of hydrogen-bond acceptors (Lipinski definition) is 4. The molecule has 1 N–H and O–H groups in total. The van der Waals surface area contributed by atoms with Crippen LogP contribution >= 0.6 is 23.4 Å². The zero-order valence-electron chi connectivity index (χ0n) is 13.4. The summed E-state index contributed by atoms with van der Waals surface area (Å²) in [6, 6.07) is 2.60. The molecule has 0 heterocycles. The fourth-order valence-corrected chi connectivity index (χ4v) is 3.16. The number of ether oxygens (including phenoxy) is 1. The smallest absolute Gasteiger partial charge is 0.319 e. The third-order valence-corrected chi connectivity index (χ3v) is 4.98. The summed E-state index contributed by atoms with van der Waals surface area (Å²) in [7, 11) is 1.32. The molecule has 1 atom stereocenters. The SMILES string of the molecule is CCCCC(=O)Nc1cc(SC(CC)C(=O)OC)c(Cl)cc1F. The predicted octanol–water partition coefficient (Wildman–Crippen LogP) is 4.65. The van der Waals surface area contributed by atoms with E-state index in [1.807, 2.05) is 13.8 Å². The molecule has 1 rings (SSSR count). The molecule has 7 heteroatoms. The first-order valence-electron chi connectivity index (χ1n) is 7.46.